The number of aromatic nitrogens is 1. The molecule has 8 nitrogen and oxygen atoms in total. The molecule has 0 radical (unpaired) electrons. The van der Waals surface area contributed by atoms with Crippen molar-refractivity contribution in [3.63, 3.8) is 0 Å². The molecule has 0 bridgehead atoms. The lowest BCUT2D eigenvalue weighted by Crippen LogP contribution is -2.35. The van der Waals surface area contributed by atoms with Gasteiger partial charge in [-0.25, -0.2) is 18.2 Å². The average Bonchev–Trinajstić information content (AvgIpc) is 3.02. The molecule has 0 unspecified atom stereocenters. The van der Waals surface area contributed by atoms with E-state index in [-0.39, 0.29) is 11.4 Å². The molecular formula is C15H17N3O5S2. The summed E-state index contributed by atoms with van der Waals surface area (Å²) in [6.07, 6.45) is -0.132. The summed E-state index contributed by atoms with van der Waals surface area (Å²) >= 11 is 1.24. The standard InChI is InChI=1S/C15H17N3O5S2/c1-22-11-5-3-4-6-13(11)25(20,21)18-8-7-10-12(9-18)24-14(16-10)17-15(19)23-2/h3-6H,7-9H2,1-2H3,(H,16,17,19). The lowest BCUT2D eigenvalue weighted by Gasteiger charge is -2.26. The van der Waals surface area contributed by atoms with Crippen molar-refractivity contribution in [3.05, 3.63) is 34.8 Å². The highest BCUT2D eigenvalue weighted by atomic mass is 32.2. The Balaban J connectivity index is 1.85. The number of hydrogen-bond donors (Lipinski definition) is 1. The van der Waals surface area contributed by atoms with E-state index < -0.39 is 16.1 Å². The zero-order valence-electron chi connectivity index (χ0n) is 13.7. The largest absolute Gasteiger partial charge is 0.495 e. The summed E-state index contributed by atoms with van der Waals surface area (Å²) in [5.41, 5.74) is 0.794. The van der Waals surface area contributed by atoms with Crippen molar-refractivity contribution in [2.45, 2.75) is 17.9 Å². The highest BCUT2D eigenvalue weighted by Crippen LogP contribution is 2.33. The zero-order valence-corrected chi connectivity index (χ0v) is 15.3. The summed E-state index contributed by atoms with van der Waals surface area (Å²) in [6, 6.07) is 6.53. The number of ether oxygens (including phenoxy) is 2. The van der Waals surface area contributed by atoms with Crippen LogP contribution in [0.25, 0.3) is 0 Å². The molecule has 10 heteroatoms. The number of sulfonamides is 1. The molecule has 0 spiro atoms. The van der Waals surface area contributed by atoms with Crippen molar-refractivity contribution < 1.29 is 22.7 Å². The van der Waals surface area contributed by atoms with Crippen molar-refractivity contribution in [1.29, 1.82) is 0 Å². The van der Waals surface area contributed by atoms with E-state index >= 15 is 0 Å². The first-order valence-corrected chi connectivity index (χ1v) is 9.68. The Labute approximate surface area is 149 Å². The van der Waals surface area contributed by atoms with Crippen LogP contribution in [-0.2, 0) is 27.7 Å². The summed E-state index contributed by atoms with van der Waals surface area (Å²) < 4.78 is 37.0. The van der Waals surface area contributed by atoms with E-state index in [1.165, 1.54) is 35.9 Å². The third-order valence-corrected chi connectivity index (χ3v) is 6.66. The number of benzene rings is 1. The summed E-state index contributed by atoms with van der Waals surface area (Å²) in [4.78, 5) is 16.5. The number of nitrogens with zero attached hydrogens (tertiary/aromatic N) is 2. The van der Waals surface area contributed by atoms with Gasteiger partial charge in [0.2, 0.25) is 10.0 Å². The van der Waals surface area contributed by atoms with Crippen molar-refractivity contribution >= 4 is 32.6 Å². The van der Waals surface area contributed by atoms with E-state index in [0.29, 0.717) is 23.8 Å². The second-order valence-electron chi connectivity index (χ2n) is 5.24. The predicted molar refractivity (Wildman–Crippen MR) is 92.4 cm³/mol. The van der Waals surface area contributed by atoms with Gasteiger partial charge in [-0.15, -0.1) is 0 Å². The number of hydrogen-bond acceptors (Lipinski definition) is 7. The zero-order chi connectivity index (χ0) is 18.0. The molecule has 134 valence electrons. The van der Waals surface area contributed by atoms with Crippen molar-refractivity contribution in [1.82, 2.24) is 9.29 Å². The second-order valence-corrected chi connectivity index (χ2v) is 8.23. The Hall–Kier alpha value is -2.17. The highest BCUT2D eigenvalue weighted by molar-refractivity contribution is 7.89. The Morgan fingerprint density at radius 1 is 1.32 bits per heavy atom. The van der Waals surface area contributed by atoms with Crippen LogP contribution < -0.4 is 10.1 Å². The first kappa shape index (κ1) is 17.6. The monoisotopic (exact) mass is 383 g/mol. The number of rotatable bonds is 4. The van der Waals surface area contributed by atoms with Crippen LogP contribution in [0.3, 0.4) is 0 Å². The fourth-order valence-electron chi connectivity index (χ4n) is 2.54. The number of fused-ring (bicyclic) bond motifs is 1. The summed E-state index contributed by atoms with van der Waals surface area (Å²) in [5.74, 6) is 0.311. The van der Waals surface area contributed by atoms with Gasteiger partial charge in [-0.3, -0.25) is 5.32 Å². The molecule has 0 aliphatic carbocycles. The van der Waals surface area contributed by atoms with Gasteiger partial charge in [-0.2, -0.15) is 4.31 Å². The van der Waals surface area contributed by atoms with Crippen LogP contribution in [0.5, 0.6) is 5.75 Å². The van der Waals surface area contributed by atoms with E-state index in [4.69, 9.17) is 4.74 Å². The van der Waals surface area contributed by atoms with Gasteiger partial charge in [0.05, 0.1) is 26.5 Å². The van der Waals surface area contributed by atoms with Gasteiger partial charge in [0.25, 0.3) is 0 Å². The first-order valence-electron chi connectivity index (χ1n) is 7.42. The van der Waals surface area contributed by atoms with E-state index in [9.17, 15) is 13.2 Å². The van der Waals surface area contributed by atoms with Crippen LogP contribution in [0.1, 0.15) is 10.6 Å². The van der Waals surface area contributed by atoms with E-state index in [1.54, 1.807) is 18.2 Å². The lowest BCUT2D eigenvalue weighted by molar-refractivity contribution is 0.187. The third kappa shape index (κ3) is 3.46. The van der Waals surface area contributed by atoms with Crippen LogP contribution in [0.2, 0.25) is 0 Å². The Morgan fingerprint density at radius 2 is 2.08 bits per heavy atom. The minimum atomic E-state index is -3.69. The summed E-state index contributed by atoms with van der Waals surface area (Å²) in [6.45, 7) is 0.519. The summed E-state index contributed by atoms with van der Waals surface area (Å²) in [7, 11) is -0.981. The number of methoxy groups -OCH3 is 2. The van der Waals surface area contributed by atoms with Gasteiger partial charge < -0.3 is 9.47 Å². The molecule has 1 N–H and O–H groups in total. The van der Waals surface area contributed by atoms with Gasteiger partial charge in [0.15, 0.2) is 5.13 Å². The predicted octanol–water partition coefficient (Wildman–Crippen LogP) is 2.08. The first-order chi connectivity index (χ1) is 12.0. The minimum absolute atomic E-state index is 0.137. The minimum Gasteiger partial charge on any atom is -0.495 e. The Morgan fingerprint density at radius 3 is 2.80 bits per heavy atom. The second kappa shape index (κ2) is 6.98. The maximum atomic E-state index is 12.9. The number of thiazole rings is 1. The highest BCUT2D eigenvalue weighted by Gasteiger charge is 2.32. The van der Waals surface area contributed by atoms with Crippen LogP contribution in [0, 0.1) is 0 Å². The summed E-state index contributed by atoms with van der Waals surface area (Å²) in [5, 5.41) is 2.91. The van der Waals surface area contributed by atoms with Crippen LogP contribution in [0.15, 0.2) is 29.2 Å². The number of carbonyl (C=O) groups is 1. The molecule has 2 aromatic rings. The number of carbonyl (C=O) groups excluding carboxylic acids is 1. The molecule has 0 saturated carbocycles. The number of anilines is 1. The fraction of sp³-hybridized carbons (Fsp3) is 0.333. The Bertz CT molecular complexity index is 894. The molecule has 3 rings (SSSR count). The van der Waals surface area contributed by atoms with Crippen LogP contribution in [-0.4, -0.2) is 44.6 Å². The Kier molecular flexibility index (Phi) is 4.93. The maximum absolute atomic E-state index is 12.9. The third-order valence-electron chi connectivity index (χ3n) is 3.78. The smallest absolute Gasteiger partial charge is 0.413 e. The molecule has 0 fully saturated rings. The van der Waals surface area contributed by atoms with Gasteiger partial charge >= 0.3 is 6.09 Å². The van der Waals surface area contributed by atoms with Crippen molar-refractivity contribution in [2.75, 3.05) is 26.1 Å². The van der Waals surface area contributed by atoms with Crippen molar-refractivity contribution in [2.24, 2.45) is 0 Å². The quantitative estimate of drug-likeness (QED) is 0.868. The van der Waals surface area contributed by atoms with E-state index in [1.807, 2.05) is 0 Å². The van der Waals surface area contributed by atoms with Crippen LogP contribution in [0.4, 0.5) is 9.93 Å². The molecule has 1 amide bonds. The number of amides is 1. The lowest BCUT2D eigenvalue weighted by atomic mass is 10.2. The van der Waals surface area contributed by atoms with Gasteiger partial charge in [-0.1, -0.05) is 23.5 Å². The maximum Gasteiger partial charge on any atom is 0.413 e. The molecular weight excluding hydrogens is 366 g/mol. The molecule has 1 aliphatic rings. The fourth-order valence-corrected chi connectivity index (χ4v) is 5.20. The normalized spacial score (nSPS) is 14.6. The topological polar surface area (TPSA) is 97.8 Å². The SMILES string of the molecule is COC(=O)Nc1nc2c(s1)CN(S(=O)(=O)c1ccccc1OC)CC2. The van der Waals surface area contributed by atoms with Gasteiger partial charge in [-0.05, 0) is 12.1 Å². The van der Waals surface area contributed by atoms with E-state index in [2.05, 4.69) is 15.0 Å². The molecule has 2 heterocycles. The molecule has 25 heavy (non-hydrogen) atoms. The van der Waals surface area contributed by atoms with Crippen LogP contribution >= 0.6 is 11.3 Å². The average molecular weight is 383 g/mol. The molecule has 0 atom stereocenters. The number of nitrogens with one attached hydrogen (secondary N) is 1. The van der Waals surface area contributed by atoms with E-state index in [0.717, 1.165) is 10.6 Å². The molecule has 1 aliphatic heterocycles. The molecule has 1 aromatic carbocycles. The molecule has 0 saturated heterocycles. The molecule has 1 aromatic heterocycles. The van der Waals surface area contributed by atoms with Crippen molar-refractivity contribution in [3.8, 4) is 5.75 Å². The van der Waals surface area contributed by atoms with Gasteiger partial charge in [0.1, 0.15) is 10.6 Å². The number of para-hydroxylation sites is 1. The van der Waals surface area contributed by atoms with Gasteiger partial charge in [0, 0.05) is 17.8 Å².